The van der Waals surface area contributed by atoms with Crippen LogP contribution in [0.25, 0.3) is 11.0 Å². The maximum atomic E-state index is 15.9. The van der Waals surface area contributed by atoms with E-state index in [0.717, 1.165) is 0 Å². The third kappa shape index (κ3) is 3.52. The van der Waals surface area contributed by atoms with Crippen molar-refractivity contribution in [3.63, 3.8) is 0 Å². The van der Waals surface area contributed by atoms with E-state index in [1.807, 2.05) is 25.7 Å². The lowest BCUT2D eigenvalue weighted by Gasteiger charge is -2.38. The van der Waals surface area contributed by atoms with E-state index in [9.17, 15) is 4.79 Å². The maximum absolute atomic E-state index is 15.9. The molecule has 0 N–H and O–H groups in total. The highest BCUT2D eigenvalue weighted by Crippen LogP contribution is 2.42. The molecule has 3 aliphatic heterocycles. The zero-order valence-corrected chi connectivity index (χ0v) is 17.8. The molecule has 0 saturated carbocycles. The average molecular weight is 435 g/mol. The third-order valence-electron chi connectivity index (χ3n) is 5.89. The van der Waals surface area contributed by atoms with Crippen molar-refractivity contribution < 1.29 is 32.7 Å². The molecule has 10 heteroatoms. The normalized spacial score (nSPS) is 27.5. The highest BCUT2D eigenvalue weighted by molar-refractivity contribution is 6.00. The lowest BCUT2D eigenvalue weighted by atomic mass is 10.0. The van der Waals surface area contributed by atoms with Gasteiger partial charge < -0.3 is 28.4 Å². The fraction of sp³-hybridized carbons (Fsp3) is 0.619. The number of carbonyl (C=O) groups is 1. The molecule has 0 aliphatic carbocycles. The van der Waals surface area contributed by atoms with E-state index < -0.39 is 18.2 Å². The summed E-state index contributed by atoms with van der Waals surface area (Å²) in [6, 6.07) is 1.76. The molecule has 9 nitrogen and oxygen atoms in total. The standard InChI is InChI=1S/C21H26FN3O6/c1-4-13-10-25(21(26)30-13)19-15-7-14(20-27-5-6-28-20)17(16(22)18(15)31-23-19)24-8-11(2)29-12(3)9-24/h7,11-13,20H,4-6,8-10H2,1-3H3/t11-,12-,13+/m1/s1. The summed E-state index contributed by atoms with van der Waals surface area (Å²) >= 11 is 0. The van der Waals surface area contributed by atoms with Gasteiger partial charge in [0.2, 0.25) is 5.58 Å². The van der Waals surface area contributed by atoms with Crippen molar-refractivity contribution in [3.05, 3.63) is 17.4 Å². The average Bonchev–Trinajstić information content (AvgIpc) is 3.46. The van der Waals surface area contributed by atoms with Crippen molar-refractivity contribution >= 4 is 28.6 Å². The SMILES string of the molecule is CC[C@H]1CN(c2noc3c(F)c(N4C[C@@H](C)O[C@H](C)C4)c(C4OCCO4)cc23)C(=O)O1. The molecule has 3 aliphatic rings. The Hall–Kier alpha value is -2.43. The Labute approximate surface area is 178 Å². The molecule has 2 aromatic rings. The van der Waals surface area contributed by atoms with Crippen molar-refractivity contribution in [1.29, 1.82) is 0 Å². The summed E-state index contributed by atoms with van der Waals surface area (Å²) in [5.74, 6) is -0.310. The number of rotatable bonds is 4. The van der Waals surface area contributed by atoms with E-state index >= 15 is 4.39 Å². The molecule has 4 heterocycles. The Balaban J connectivity index is 1.63. The Bertz CT molecular complexity index is 981. The molecule has 5 rings (SSSR count). The summed E-state index contributed by atoms with van der Waals surface area (Å²) in [5.41, 5.74) is 0.902. The van der Waals surface area contributed by atoms with Crippen LogP contribution in [0.5, 0.6) is 0 Å². The van der Waals surface area contributed by atoms with Crippen LogP contribution in [0.2, 0.25) is 0 Å². The van der Waals surface area contributed by atoms with E-state index in [2.05, 4.69) is 5.16 Å². The monoisotopic (exact) mass is 435 g/mol. The number of benzene rings is 1. The lowest BCUT2D eigenvalue weighted by molar-refractivity contribution is -0.0445. The minimum Gasteiger partial charge on any atom is -0.444 e. The molecule has 3 fully saturated rings. The maximum Gasteiger partial charge on any atom is 0.416 e. The summed E-state index contributed by atoms with van der Waals surface area (Å²) < 4.78 is 43.9. The molecule has 0 spiro atoms. The zero-order chi connectivity index (χ0) is 21.7. The predicted molar refractivity (Wildman–Crippen MR) is 109 cm³/mol. The van der Waals surface area contributed by atoms with Crippen molar-refractivity contribution in [2.75, 3.05) is 42.6 Å². The van der Waals surface area contributed by atoms with Gasteiger partial charge in [0, 0.05) is 18.7 Å². The molecule has 0 unspecified atom stereocenters. The number of nitrogens with zero attached hydrogens (tertiary/aromatic N) is 3. The van der Waals surface area contributed by atoms with Crippen molar-refractivity contribution in [3.8, 4) is 0 Å². The Morgan fingerprint density at radius 3 is 2.52 bits per heavy atom. The van der Waals surface area contributed by atoms with E-state index in [4.69, 9.17) is 23.5 Å². The number of cyclic esters (lactones) is 1. The van der Waals surface area contributed by atoms with Gasteiger partial charge in [0.25, 0.3) is 0 Å². The number of halogens is 1. The molecule has 1 aromatic heterocycles. The summed E-state index contributed by atoms with van der Waals surface area (Å²) in [5, 5.41) is 4.41. The largest absolute Gasteiger partial charge is 0.444 e. The van der Waals surface area contributed by atoms with Gasteiger partial charge in [0.1, 0.15) is 6.10 Å². The number of anilines is 2. The molecule has 31 heavy (non-hydrogen) atoms. The van der Waals surface area contributed by atoms with Crippen LogP contribution < -0.4 is 9.80 Å². The van der Waals surface area contributed by atoms with Gasteiger partial charge in [0.15, 0.2) is 17.9 Å². The number of carbonyl (C=O) groups excluding carboxylic acids is 1. The van der Waals surface area contributed by atoms with Crippen LogP contribution in [0, 0.1) is 5.82 Å². The second-order valence-corrected chi connectivity index (χ2v) is 8.27. The molecule has 0 radical (unpaired) electrons. The first-order valence-electron chi connectivity index (χ1n) is 10.7. The topological polar surface area (TPSA) is 86.5 Å². The van der Waals surface area contributed by atoms with Crippen molar-refractivity contribution in [1.82, 2.24) is 5.16 Å². The number of morpholine rings is 1. The lowest BCUT2D eigenvalue weighted by Crippen LogP contribution is -2.46. The number of amides is 1. The van der Waals surface area contributed by atoms with Crippen LogP contribution in [0.15, 0.2) is 10.6 Å². The Morgan fingerprint density at radius 1 is 1.16 bits per heavy atom. The molecule has 3 saturated heterocycles. The first kappa shape index (κ1) is 20.5. The highest BCUT2D eigenvalue weighted by Gasteiger charge is 2.37. The summed E-state index contributed by atoms with van der Waals surface area (Å²) in [6.45, 7) is 8.07. The van der Waals surface area contributed by atoms with E-state index in [1.54, 1.807) is 6.07 Å². The minimum absolute atomic E-state index is 0.00806. The van der Waals surface area contributed by atoms with Gasteiger partial charge in [-0.2, -0.15) is 0 Å². The molecule has 168 valence electrons. The van der Waals surface area contributed by atoms with Gasteiger partial charge >= 0.3 is 6.09 Å². The van der Waals surface area contributed by atoms with Gasteiger partial charge in [-0.05, 0) is 26.3 Å². The molecule has 0 bridgehead atoms. The fourth-order valence-corrected chi connectivity index (χ4v) is 4.54. The second-order valence-electron chi connectivity index (χ2n) is 8.27. The summed E-state index contributed by atoms with van der Waals surface area (Å²) in [7, 11) is 0. The van der Waals surface area contributed by atoms with Crippen LogP contribution in [0.1, 0.15) is 39.0 Å². The number of ether oxygens (including phenoxy) is 4. The number of hydrogen-bond donors (Lipinski definition) is 0. The second kappa shape index (κ2) is 7.92. The molecular formula is C21H26FN3O6. The highest BCUT2D eigenvalue weighted by atomic mass is 19.1. The van der Waals surface area contributed by atoms with Crippen molar-refractivity contribution in [2.24, 2.45) is 0 Å². The molecule has 1 amide bonds. The predicted octanol–water partition coefficient (Wildman–Crippen LogP) is 3.36. The first-order chi connectivity index (χ1) is 15.0. The molecule has 3 atom stereocenters. The molecular weight excluding hydrogens is 409 g/mol. The van der Waals surface area contributed by atoms with E-state index in [-0.39, 0.29) is 29.7 Å². The number of hydrogen-bond acceptors (Lipinski definition) is 8. The fourth-order valence-electron chi connectivity index (χ4n) is 4.54. The third-order valence-corrected chi connectivity index (χ3v) is 5.89. The quantitative estimate of drug-likeness (QED) is 0.723. The van der Waals surface area contributed by atoms with Crippen LogP contribution in [0.3, 0.4) is 0 Å². The van der Waals surface area contributed by atoms with Crippen LogP contribution in [-0.4, -0.2) is 62.4 Å². The van der Waals surface area contributed by atoms with Gasteiger partial charge in [-0.25, -0.2) is 9.18 Å². The van der Waals surface area contributed by atoms with Crippen molar-refractivity contribution in [2.45, 2.75) is 51.8 Å². The minimum atomic E-state index is -0.709. The summed E-state index contributed by atoms with van der Waals surface area (Å²) in [4.78, 5) is 15.7. The van der Waals surface area contributed by atoms with Crippen LogP contribution in [0.4, 0.5) is 20.7 Å². The van der Waals surface area contributed by atoms with Gasteiger partial charge in [0.05, 0.1) is 43.0 Å². The number of fused-ring (bicyclic) bond motifs is 1. The molecule has 1 aromatic carbocycles. The smallest absolute Gasteiger partial charge is 0.416 e. The van der Waals surface area contributed by atoms with E-state index in [0.29, 0.717) is 55.9 Å². The number of aromatic nitrogens is 1. The Kier molecular flexibility index (Phi) is 5.23. The van der Waals surface area contributed by atoms with Gasteiger partial charge in [-0.3, -0.25) is 4.90 Å². The van der Waals surface area contributed by atoms with Gasteiger partial charge in [-0.1, -0.05) is 12.1 Å². The Morgan fingerprint density at radius 2 is 1.87 bits per heavy atom. The zero-order valence-electron chi connectivity index (χ0n) is 17.8. The van der Waals surface area contributed by atoms with E-state index in [1.165, 1.54) is 4.90 Å². The van der Waals surface area contributed by atoms with Gasteiger partial charge in [-0.15, -0.1) is 0 Å². The summed E-state index contributed by atoms with van der Waals surface area (Å²) in [6.07, 6.45) is -0.906. The van der Waals surface area contributed by atoms with Crippen LogP contribution >= 0.6 is 0 Å². The van der Waals surface area contributed by atoms with Crippen LogP contribution in [-0.2, 0) is 18.9 Å². The first-order valence-corrected chi connectivity index (χ1v) is 10.7.